The average Bonchev–Trinajstić information content (AvgIpc) is 2.47. The van der Waals surface area contributed by atoms with Crippen LogP contribution in [0.15, 0.2) is 35.2 Å². The van der Waals surface area contributed by atoms with Crippen LogP contribution in [0.3, 0.4) is 0 Å². The van der Waals surface area contributed by atoms with Crippen LogP contribution < -0.4 is 5.73 Å². The zero-order valence-electron chi connectivity index (χ0n) is 11.6. The Bertz CT molecular complexity index is 419. The number of nitrogens with two attached hydrogens (primary N) is 1. The van der Waals surface area contributed by atoms with E-state index >= 15 is 0 Å². The van der Waals surface area contributed by atoms with Crippen LogP contribution in [0.4, 0.5) is 0 Å². The van der Waals surface area contributed by atoms with E-state index in [0.29, 0.717) is 12.3 Å². The number of benzene rings is 1. The molecule has 1 aliphatic heterocycles. The lowest BCUT2D eigenvalue weighted by Gasteiger charge is -2.31. The summed E-state index contributed by atoms with van der Waals surface area (Å²) in [6.45, 7) is 2.37. The van der Waals surface area contributed by atoms with E-state index in [1.165, 1.54) is 4.90 Å². The van der Waals surface area contributed by atoms with Gasteiger partial charge in [0.05, 0.1) is 6.10 Å². The molecular formula is C15H22N2O2S. The van der Waals surface area contributed by atoms with Crippen LogP contribution in [0.1, 0.15) is 12.8 Å². The Balaban J connectivity index is 1.68. The molecule has 0 aromatic heterocycles. The van der Waals surface area contributed by atoms with E-state index in [0.717, 1.165) is 25.9 Å². The van der Waals surface area contributed by atoms with Gasteiger partial charge < -0.3 is 15.7 Å². The third-order valence-electron chi connectivity index (χ3n) is 3.64. The molecule has 0 spiro atoms. The van der Waals surface area contributed by atoms with E-state index in [4.69, 9.17) is 5.73 Å². The van der Waals surface area contributed by atoms with Crippen LogP contribution >= 0.6 is 11.8 Å². The van der Waals surface area contributed by atoms with Gasteiger partial charge in [-0.3, -0.25) is 4.79 Å². The number of nitrogens with zero attached hydrogens (tertiary/aromatic N) is 1. The SMILES string of the molecule is NC(=O)C1CCN(C[C@@H](O)CSc2ccccc2)CC1. The highest BCUT2D eigenvalue weighted by Crippen LogP contribution is 2.20. The van der Waals surface area contributed by atoms with Gasteiger partial charge in [-0.25, -0.2) is 0 Å². The number of carbonyl (C=O) groups excluding carboxylic acids is 1. The molecule has 0 bridgehead atoms. The summed E-state index contributed by atoms with van der Waals surface area (Å²) < 4.78 is 0. The topological polar surface area (TPSA) is 66.6 Å². The summed E-state index contributed by atoms with van der Waals surface area (Å²) in [4.78, 5) is 14.5. The number of thioether (sulfide) groups is 1. The number of piperidine rings is 1. The molecule has 5 heteroatoms. The standard InChI is InChI=1S/C15H22N2O2S/c16-15(19)12-6-8-17(9-7-12)10-13(18)11-20-14-4-2-1-3-5-14/h1-5,12-13,18H,6-11H2,(H2,16,19)/t13-/m1/s1. The first-order valence-electron chi connectivity index (χ1n) is 7.02. The van der Waals surface area contributed by atoms with Crippen molar-refractivity contribution in [2.75, 3.05) is 25.4 Å². The molecule has 1 amide bonds. The molecule has 0 saturated carbocycles. The summed E-state index contributed by atoms with van der Waals surface area (Å²) >= 11 is 1.67. The second kappa shape index (κ2) is 7.67. The Morgan fingerprint density at radius 1 is 1.35 bits per heavy atom. The molecule has 1 atom stereocenters. The van der Waals surface area contributed by atoms with Crippen molar-refractivity contribution < 1.29 is 9.90 Å². The van der Waals surface area contributed by atoms with Gasteiger partial charge in [0, 0.05) is 23.1 Å². The zero-order chi connectivity index (χ0) is 14.4. The fraction of sp³-hybridized carbons (Fsp3) is 0.533. The van der Waals surface area contributed by atoms with Crippen molar-refractivity contribution >= 4 is 17.7 Å². The molecule has 2 rings (SSSR count). The average molecular weight is 294 g/mol. The Labute approximate surface area is 124 Å². The van der Waals surface area contributed by atoms with Gasteiger partial charge in [0.15, 0.2) is 0 Å². The Kier molecular flexibility index (Phi) is 5.88. The minimum Gasteiger partial charge on any atom is -0.391 e. The molecule has 1 aromatic rings. The van der Waals surface area contributed by atoms with Gasteiger partial charge in [-0.2, -0.15) is 0 Å². The summed E-state index contributed by atoms with van der Waals surface area (Å²) in [5.41, 5.74) is 5.32. The number of hydrogen-bond donors (Lipinski definition) is 2. The maximum Gasteiger partial charge on any atom is 0.220 e. The van der Waals surface area contributed by atoms with Gasteiger partial charge in [0.2, 0.25) is 5.91 Å². The first-order chi connectivity index (χ1) is 9.65. The van der Waals surface area contributed by atoms with Crippen molar-refractivity contribution in [3.63, 3.8) is 0 Å². The molecule has 1 heterocycles. The summed E-state index contributed by atoms with van der Waals surface area (Å²) in [5.74, 6) is 0.520. The number of aliphatic hydroxyl groups is 1. The second-order valence-corrected chi connectivity index (χ2v) is 6.35. The number of likely N-dealkylation sites (tertiary alicyclic amines) is 1. The molecule has 1 fully saturated rings. The van der Waals surface area contributed by atoms with Crippen LogP contribution in [0.5, 0.6) is 0 Å². The van der Waals surface area contributed by atoms with Gasteiger partial charge in [-0.15, -0.1) is 11.8 Å². The smallest absolute Gasteiger partial charge is 0.220 e. The number of β-amino-alcohol motifs (C(OH)–C–C–N with tert-alkyl or cyclic N) is 1. The van der Waals surface area contributed by atoms with Crippen LogP contribution in [-0.2, 0) is 4.79 Å². The van der Waals surface area contributed by atoms with Crippen LogP contribution in [-0.4, -0.2) is 47.4 Å². The third-order valence-corrected chi connectivity index (χ3v) is 4.80. The summed E-state index contributed by atoms with van der Waals surface area (Å²) in [7, 11) is 0. The van der Waals surface area contributed by atoms with Crippen molar-refractivity contribution in [3.05, 3.63) is 30.3 Å². The lowest BCUT2D eigenvalue weighted by molar-refractivity contribution is -0.123. The van der Waals surface area contributed by atoms with E-state index in [2.05, 4.69) is 17.0 Å². The van der Waals surface area contributed by atoms with Crippen LogP contribution in [0.25, 0.3) is 0 Å². The molecule has 1 saturated heterocycles. The summed E-state index contributed by atoms with van der Waals surface area (Å²) in [6.07, 6.45) is 1.28. The molecule has 20 heavy (non-hydrogen) atoms. The number of carbonyl (C=O) groups is 1. The number of aliphatic hydroxyl groups excluding tert-OH is 1. The molecule has 1 aromatic carbocycles. The number of rotatable bonds is 6. The molecule has 110 valence electrons. The zero-order valence-corrected chi connectivity index (χ0v) is 12.4. The summed E-state index contributed by atoms with van der Waals surface area (Å²) in [6, 6.07) is 10.1. The van der Waals surface area contributed by atoms with E-state index in [1.807, 2.05) is 18.2 Å². The van der Waals surface area contributed by atoms with Gasteiger partial charge in [-0.1, -0.05) is 18.2 Å². The van der Waals surface area contributed by atoms with Crippen molar-refractivity contribution in [3.8, 4) is 0 Å². The van der Waals surface area contributed by atoms with Gasteiger partial charge in [-0.05, 0) is 38.1 Å². The van der Waals surface area contributed by atoms with E-state index in [1.54, 1.807) is 11.8 Å². The molecule has 3 N–H and O–H groups in total. The molecule has 0 unspecified atom stereocenters. The second-order valence-electron chi connectivity index (χ2n) is 5.26. The Morgan fingerprint density at radius 2 is 2.00 bits per heavy atom. The maximum absolute atomic E-state index is 11.1. The van der Waals surface area contributed by atoms with Crippen LogP contribution in [0, 0.1) is 5.92 Å². The largest absolute Gasteiger partial charge is 0.391 e. The minimum absolute atomic E-state index is 0.0158. The highest BCUT2D eigenvalue weighted by atomic mass is 32.2. The highest BCUT2D eigenvalue weighted by Gasteiger charge is 2.24. The Hall–Kier alpha value is -1.04. The van der Waals surface area contributed by atoms with Crippen LogP contribution in [0.2, 0.25) is 0 Å². The quantitative estimate of drug-likeness (QED) is 0.777. The first-order valence-corrected chi connectivity index (χ1v) is 8.01. The predicted molar refractivity (Wildman–Crippen MR) is 81.5 cm³/mol. The molecule has 0 radical (unpaired) electrons. The van der Waals surface area contributed by atoms with Gasteiger partial charge in [0.1, 0.15) is 0 Å². The molecule has 4 nitrogen and oxygen atoms in total. The lowest BCUT2D eigenvalue weighted by Crippen LogP contribution is -2.42. The number of hydrogen-bond acceptors (Lipinski definition) is 4. The van der Waals surface area contributed by atoms with Crippen molar-refractivity contribution in [1.82, 2.24) is 4.90 Å². The maximum atomic E-state index is 11.1. The lowest BCUT2D eigenvalue weighted by atomic mass is 9.96. The predicted octanol–water partition coefficient (Wildman–Crippen LogP) is 1.34. The third kappa shape index (κ3) is 4.81. The van der Waals surface area contributed by atoms with Gasteiger partial charge >= 0.3 is 0 Å². The fourth-order valence-corrected chi connectivity index (χ4v) is 3.30. The van der Waals surface area contributed by atoms with Crippen molar-refractivity contribution in [2.24, 2.45) is 11.7 Å². The van der Waals surface area contributed by atoms with E-state index < -0.39 is 0 Å². The number of primary amides is 1. The highest BCUT2D eigenvalue weighted by molar-refractivity contribution is 7.99. The Morgan fingerprint density at radius 3 is 2.60 bits per heavy atom. The minimum atomic E-state index is -0.342. The monoisotopic (exact) mass is 294 g/mol. The molecule has 1 aliphatic rings. The van der Waals surface area contributed by atoms with Gasteiger partial charge in [0.25, 0.3) is 0 Å². The first kappa shape index (κ1) is 15.4. The summed E-state index contributed by atoms with van der Waals surface area (Å²) in [5, 5.41) is 10.1. The van der Waals surface area contributed by atoms with E-state index in [9.17, 15) is 9.90 Å². The van der Waals surface area contributed by atoms with Crippen molar-refractivity contribution in [1.29, 1.82) is 0 Å². The molecular weight excluding hydrogens is 272 g/mol. The van der Waals surface area contributed by atoms with E-state index in [-0.39, 0.29) is 17.9 Å². The fourth-order valence-electron chi connectivity index (χ4n) is 2.46. The molecule has 0 aliphatic carbocycles. The van der Waals surface area contributed by atoms with Crippen molar-refractivity contribution in [2.45, 2.75) is 23.8 Å². The number of amides is 1. The normalized spacial score (nSPS) is 18.9.